The molecule has 0 amide bonds. The molecule has 0 spiro atoms. The van der Waals surface area contributed by atoms with Crippen LogP contribution in [0.5, 0.6) is 0 Å². The minimum atomic E-state index is 0.125. The fourth-order valence-electron chi connectivity index (χ4n) is 5.38. The Morgan fingerprint density at radius 1 is 1.10 bits per heavy atom. The van der Waals surface area contributed by atoms with E-state index in [9.17, 15) is 0 Å². The largest absolute Gasteiger partial charge is 0.377 e. The summed E-state index contributed by atoms with van der Waals surface area (Å²) in [5, 5.41) is 3.85. The van der Waals surface area contributed by atoms with Gasteiger partial charge in [-0.1, -0.05) is 13.3 Å². The molecule has 5 rings (SSSR count). The van der Waals surface area contributed by atoms with Gasteiger partial charge in [-0.15, -0.1) is 0 Å². The maximum atomic E-state index is 5.74. The smallest absolute Gasteiger partial charge is 0.227 e. The number of hydrogen-bond donors (Lipinski definition) is 1. The van der Waals surface area contributed by atoms with Crippen LogP contribution in [-0.4, -0.2) is 66.3 Å². The highest BCUT2D eigenvalue weighted by Crippen LogP contribution is 2.34. The van der Waals surface area contributed by atoms with Crippen LogP contribution < -0.4 is 10.2 Å². The number of anilines is 2. The molecule has 6 nitrogen and oxygen atoms in total. The molecule has 1 unspecified atom stereocenters. The molecule has 1 N–H and O–H groups in total. The van der Waals surface area contributed by atoms with Crippen molar-refractivity contribution >= 4 is 17.8 Å². The lowest BCUT2D eigenvalue weighted by Gasteiger charge is -2.34. The minimum absolute atomic E-state index is 0.125. The topological polar surface area (TPSA) is 53.5 Å². The first-order valence-corrected chi connectivity index (χ1v) is 12.0. The van der Waals surface area contributed by atoms with Gasteiger partial charge in [-0.2, -0.15) is 4.98 Å². The third kappa shape index (κ3) is 4.09. The summed E-state index contributed by atoms with van der Waals surface area (Å²) < 4.78 is 5.74. The quantitative estimate of drug-likeness (QED) is 0.770. The first kappa shape index (κ1) is 20.3. The number of methoxy groups -OCH3 is 1. The standard InChI is InChI=1S/C24H37N5O/c1-4-17-7-10-29(15-17)24-26-21-13-16(2)22(30-3)14-20(21)23(27-24)25-18-8-11-28(12-9-18)19-5-6-19/h13,17-19,22H,4-12,14-15H2,1-3H3,(H,25,26,27)/t17-,22?/m0/s1. The van der Waals surface area contributed by atoms with E-state index in [1.165, 1.54) is 62.8 Å². The van der Waals surface area contributed by atoms with Crippen molar-refractivity contribution < 1.29 is 4.74 Å². The molecule has 6 heteroatoms. The van der Waals surface area contributed by atoms with Gasteiger partial charge in [-0.3, -0.25) is 0 Å². The highest BCUT2D eigenvalue weighted by Gasteiger charge is 2.33. The molecular weight excluding hydrogens is 374 g/mol. The lowest BCUT2D eigenvalue weighted by atomic mass is 9.93. The molecule has 1 aromatic rings. The lowest BCUT2D eigenvalue weighted by molar-refractivity contribution is 0.131. The summed E-state index contributed by atoms with van der Waals surface area (Å²) in [4.78, 5) is 15.2. The van der Waals surface area contributed by atoms with Crippen molar-refractivity contribution in [3.05, 3.63) is 16.8 Å². The summed E-state index contributed by atoms with van der Waals surface area (Å²) in [6.45, 7) is 9.03. The molecule has 3 heterocycles. The van der Waals surface area contributed by atoms with Gasteiger partial charge in [0.25, 0.3) is 0 Å². The Kier molecular flexibility index (Phi) is 5.71. The Bertz CT molecular complexity index is 797. The highest BCUT2D eigenvalue weighted by molar-refractivity contribution is 5.66. The Hall–Kier alpha value is -1.66. The van der Waals surface area contributed by atoms with E-state index in [0.717, 1.165) is 48.9 Å². The zero-order chi connectivity index (χ0) is 20.7. The van der Waals surface area contributed by atoms with Crippen molar-refractivity contribution in [3.8, 4) is 0 Å². The minimum Gasteiger partial charge on any atom is -0.377 e. The Labute approximate surface area is 181 Å². The zero-order valence-electron chi connectivity index (χ0n) is 18.9. The molecule has 164 valence electrons. The molecule has 0 aromatic carbocycles. The third-order valence-electron chi connectivity index (χ3n) is 7.65. The van der Waals surface area contributed by atoms with Crippen LogP contribution in [0.15, 0.2) is 5.57 Å². The number of aromatic nitrogens is 2. The van der Waals surface area contributed by atoms with Crippen molar-refractivity contribution in [2.24, 2.45) is 5.92 Å². The van der Waals surface area contributed by atoms with E-state index in [0.29, 0.717) is 6.04 Å². The van der Waals surface area contributed by atoms with Gasteiger partial charge in [-0.05, 0) is 56.6 Å². The molecule has 2 aliphatic heterocycles. The second-order valence-electron chi connectivity index (χ2n) is 9.75. The van der Waals surface area contributed by atoms with Gasteiger partial charge >= 0.3 is 0 Å². The van der Waals surface area contributed by atoms with Gasteiger partial charge in [0.05, 0.1) is 11.8 Å². The maximum absolute atomic E-state index is 5.74. The molecule has 0 radical (unpaired) electrons. The maximum Gasteiger partial charge on any atom is 0.227 e. The van der Waals surface area contributed by atoms with Crippen molar-refractivity contribution in [3.63, 3.8) is 0 Å². The fourth-order valence-corrected chi connectivity index (χ4v) is 5.38. The molecule has 3 fully saturated rings. The highest BCUT2D eigenvalue weighted by atomic mass is 16.5. The summed E-state index contributed by atoms with van der Waals surface area (Å²) in [6, 6.07) is 1.38. The third-order valence-corrected chi connectivity index (χ3v) is 7.65. The van der Waals surface area contributed by atoms with E-state index in [4.69, 9.17) is 14.7 Å². The summed E-state index contributed by atoms with van der Waals surface area (Å²) in [5.74, 6) is 2.72. The van der Waals surface area contributed by atoms with E-state index in [2.05, 4.69) is 35.0 Å². The van der Waals surface area contributed by atoms with Crippen LogP contribution >= 0.6 is 0 Å². The van der Waals surface area contributed by atoms with Gasteiger partial charge in [0.2, 0.25) is 5.95 Å². The number of hydrogen-bond acceptors (Lipinski definition) is 6. The molecule has 0 bridgehead atoms. The average molecular weight is 412 g/mol. The van der Waals surface area contributed by atoms with Crippen LogP contribution in [-0.2, 0) is 11.2 Å². The van der Waals surface area contributed by atoms with Crippen LogP contribution in [0.4, 0.5) is 11.8 Å². The van der Waals surface area contributed by atoms with Crippen molar-refractivity contribution in [1.82, 2.24) is 14.9 Å². The Balaban J connectivity index is 1.40. The van der Waals surface area contributed by atoms with Crippen molar-refractivity contribution in [1.29, 1.82) is 0 Å². The molecular formula is C24H37N5O. The van der Waals surface area contributed by atoms with Crippen LogP contribution in [0, 0.1) is 5.92 Å². The van der Waals surface area contributed by atoms with Crippen LogP contribution in [0.1, 0.15) is 63.6 Å². The Morgan fingerprint density at radius 3 is 2.57 bits per heavy atom. The number of rotatable bonds is 6. The molecule has 2 saturated heterocycles. The molecule has 2 aliphatic carbocycles. The van der Waals surface area contributed by atoms with E-state index < -0.39 is 0 Å². The van der Waals surface area contributed by atoms with Crippen molar-refractivity contribution in [2.75, 3.05) is 43.5 Å². The van der Waals surface area contributed by atoms with Crippen LogP contribution in [0.3, 0.4) is 0 Å². The first-order chi connectivity index (χ1) is 14.6. The number of ether oxygens (including phenoxy) is 1. The number of piperidine rings is 1. The number of fused-ring (bicyclic) bond motifs is 1. The van der Waals surface area contributed by atoms with Gasteiger partial charge < -0.3 is 19.9 Å². The number of nitrogens with one attached hydrogen (secondary N) is 1. The lowest BCUT2D eigenvalue weighted by Crippen LogP contribution is -2.40. The van der Waals surface area contributed by atoms with Crippen molar-refractivity contribution in [2.45, 2.75) is 77.0 Å². The van der Waals surface area contributed by atoms with E-state index in [1.54, 1.807) is 7.11 Å². The second-order valence-corrected chi connectivity index (χ2v) is 9.75. The first-order valence-electron chi connectivity index (χ1n) is 12.0. The van der Waals surface area contributed by atoms with E-state index >= 15 is 0 Å². The Morgan fingerprint density at radius 2 is 1.90 bits per heavy atom. The van der Waals surface area contributed by atoms with Crippen LogP contribution in [0.2, 0.25) is 0 Å². The predicted molar refractivity (Wildman–Crippen MR) is 122 cm³/mol. The SMILES string of the molecule is CC[C@H]1CCN(c2nc3c(c(NC4CCN(C5CC5)CC4)n2)CC(OC)C(C)=C3)C1. The van der Waals surface area contributed by atoms with Crippen LogP contribution in [0.25, 0.3) is 6.08 Å². The normalized spacial score (nSPS) is 27.8. The molecule has 1 saturated carbocycles. The van der Waals surface area contributed by atoms with E-state index in [1.807, 2.05) is 0 Å². The predicted octanol–water partition coefficient (Wildman–Crippen LogP) is 3.73. The van der Waals surface area contributed by atoms with E-state index in [-0.39, 0.29) is 6.10 Å². The summed E-state index contributed by atoms with van der Waals surface area (Å²) >= 11 is 0. The molecule has 2 atom stereocenters. The monoisotopic (exact) mass is 411 g/mol. The van der Waals surface area contributed by atoms with Gasteiger partial charge in [0, 0.05) is 57.4 Å². The molecule has 4 aliphatic rings. The van der Waals surface area contributed by atoms with Gasteiger partial charge in [0.15, 0.2) is 0 Å². The summed E-state index contributed by atoms with van der Waals surface area (Å²) in [5.41, 5.74) is 3.57. The second kappa shape index (κ2) is 8.46. The fraction of sp³-hybridized carbons (Fsp3) is 0.750. The molecule has 1 aromatic heterocycles. The zero-order valence-corrected chi connectivity index (χ0v) is 18.9. The summed E-state index contributed by atoms with van der Waals surface area (Å²) in [7, 11) is 1.80. The molecule has 30 heavy (non-hydrogen) atoms. The summed E-state index contributed by atoms with van der Waals surface area (Å²) in [6.07, 6.45) is 10.9. The number of likely N-dealkylation sites (tertiary alicyclic amines) is 1. The van der Waals surface area contributed by atoms with Gasteiger partial charge in [-0.25, -0.2) is 4.98 Å². The average Bonchev–Trinajstić information content (AvgIpc) is 3.50. The van der Waals surface area contributed by atoms with Gasteiger partial charge in [0.1, 0.15) is 5.82 Å². The number of nitrogens with zero attached hydrogens (tertiary/aromatic N) is 4.